The Kier molecular flexibility index (Phi) is 3.55. The van der Waals surface area contributed by atoms with Crippen LogP contribution in [0.1, 0.15) is 50.3 Å². The number of carbonyl (C=O) groups excluding carboxylic acids is 1. The largest absolute Gasteiger partial charge is 0.318 e. The zero-order valence-corrected chi connectivity index (χ0v) is 14.0. The van der Waals surface area contributed by atoms with Gasteiger partial charge in [-0.15, -0.1) is 0 Å². The fraction of sp³-hybridized carbons (Fsp3) is 0.688. The Morgan fingerprint density at radius 1 is 1.33 bits per heavy atom. The molecule has 21 heavy (non-hydrogen) atoms. The Labute approximate surface area is 134 Å². The smallest absolute Gasteiger partial charge is 0.244 e. The van der Waals surface area contributed by atoms with Gasteiger partial charge in [0, 0.05) is 11.3 Å². The second-order valence-corrected chi connectivity index (χ2v) is 8.48. The molecule has 1 unspecified atom stereocenters. The van der Waals surface area contributed by atoms with Crippen molar-refractivity contribution in [2.24, 2.45) is 0 Å². The van der Waals surface area contributed by atoms with E-state index in [-0.39, 0.29) is 11.7 Å². The van der Waals surface area contributed by atoms with Gasteiger partial charge in [0.25, 0.3) is 0 Å². The lowest BCUT2D eigenvalue weighted by molar-refractivity contribution is -0.133. The zero-order chi connectivity index (χ0) is 14.4. The predicted octanol–water partition coefficient (Wildman–Crippen LogP) is 3.39. The molecule has 1 amide bonds. The maximum absolute atomic E-state index is 12.9. The van der Waals surface area contributed by atoms with Gasteiger partial charge in [0.05, 0.1) is 0 Å². The van der Waals surface area contributed by atoms with Gasteiger partial charge in [-0.05, 0) is 67.2 Å². The number of rotatable bonds is 3. The van der Waals surface area contributed by atoms with Gasteiger partial charge in [-0.2, -0.15) is 23.1 Å². The Bertz CT molecular complexity index is 518. The summed E-state index contributed by atoms with van der Waals surface area (Å²) >= 11 is 3.70. The molecule has 5 heteroatoms. The minimum Gasteiger partial charge on any atom is -0.318 e. The van der Waals surface area contributed by atoms with Crippen molar-refractivity contribution in [1.82, 2.24) is 10.2 Å². The van der Waals surface area contributed by atoms with Crippen LogP contribution in [0.4, 0.5) is 0 Å². The number of amides is 1. The third-order valence-electron chi connectivity index (χ3n) is 5.31. The summed E-state index contributed by atoms with van der Waals surface area (Å²) < 4.78 is 0. The monoisotopic (exact) mass is 322 g/mol. The second kappa shape index (κ2) is 5.28. The van der Waals surface area contributed by atoms with Crippen molar-refractivity contribution in [1.29, 1.82) is 0 Å². The molecule has 2 heterocycles. The molecule has 3 fully saturated rings. The van der Waals surface area contributed by atoms with E-state index in [0.717, 1.165) is 30.9 Å². The van der Waals surface area contributed by atoms with Gasteiger partial charge in [-0.25, -0.2) is 0 Å². The summed E-state index contributed by atoms with van der Waals surface area (Å²) in [6.45, 7) is 0. The fourth-order valence-corrected chi connectivity index (χ4v) is 5.27. The molecule has 1 N–H and O–H groups in total. The van der Waals surface area contributed by atoms with Gasteiger partial charge in [-0.3, -0.25) is 10.1 Å². The standard InChI is InChI=1S/C16H22N2OS2/c1-20-13-4-2-12(3-5-13)18-14(11-6-9-21-10-11)17-16(7-8-16)15(18)19/h6,9-10,12-14,17H,2-5,7-8H2,1H3. The average Bonchev–Trinajstić information content (AvgIpc) is 2.98. The minimum absolute atomic E-state index is 0.113. The predicted molar refractivity (Wildman–Crippen MR) is 88.6 cm³/mol. The van der Waals surface area contributed by atoms with Gasteiger partial charge >= 0.3 is 0 Å². The highest BCUT2D eigenvalue weighted by Gasteiger charge is 2.60. The summed E-state index contributed by atoms with van der Waals surface area (Å²) in [6, 6.07) is 2.59. The lowest BCUT2D eigenvalue weighted by Gasteiger charge is -2.37. The number of hydrogen-bond donors (Lipinski definition) is 1. The van der Waals surface area contributed by atoms with Crippen molar-refractivity contribution in [2.45, 2.75) is 61.5 Å². The van der Waals surface area contributed by atoms with Crippen LogP contribution in [0.3, 0.4) is 0 Å². The van der Waals surface area contributed by atoms with Gasteiger partial charge in [0.15, 0.2) is 0 Å². The Morgan fingerprint density at radius 2 is 2.10 bits per heavy atom. The number of hydrogen-bond acceptors (Lipinski definition) is 4. The molecule has 1 aromatic heterocycles. The molecule has 1 aliphatic heterocycles. The number of thiophene rings is 1. The third kappa shape index (κ3) is 2.34. The number of nitrogens with zero attached hydrogens (tertiary/aromatic N) is 1. The van der Waals surface area contributed by atoms with Crippen molar-refractivity contribution in [3.63, 3.8) is 0 Å². The van der Waals surface area contributed by atoms with Gasteiger partial charge in [-0.1, -0.05) is 0 Å². The van der Waals surface area contributed by atoms with Crippen molar-refractivity contribution >= 4 is 29.0 Å². The molecule has 2 aliphatic carbocycles. The van der Waals surface area contributed by atoms with Crippen LogP contribution in [-0.2, 0) is 4.79 Å². The number of thioether (sulfide) groups is 1. The Balaban J connectivity index is 1.57. The van der Waals surface area contributed by atoms with Crippen LogP contribution in [0.15, 0.2) is 16.8 Å². The van der Waals surface area contributed by atoms with Crippen LogP contribution in [0.5, 0.6) is 0 Å². The molecule has 1 saturated heterocycles. The van der Waals surface area contributed by atoms with Crippen LogP contribution < -0.4 is 5.32 Å². The van der Waals surface area contributed by atoms with Gasteiger partial charge in [0.2, 0.25) is 5.91 Å². The molecule has 1 spiro atoms. The lowest BCUT2D eigenvalue weighted by Crippen LogP contribution is -2.42. The second-order valence-electron chi connectivity index (χ2n) is 6.56. The maximum Gasteiger partial charge on any atom is 0.244 e. The highest BCUT2D eigenvalue weighted by Crippen LogP contribution is 2.48. The first-order chi connectivity index (χ1) is 10.2. The minimum atomic E-state index is -0.205. The summed E-state index contributed by atoms with van der Waals surface area (Å²) in [5.41, 5.74) is 1.06. The lowest BCUT2D eigenvalue weighted by atomic mass is 9.93. The van der Waals surface area contributed by atoms with E-state index in [2.05, 4.69) is 33.3 Å². The molecule has 2 saturated carbocycles. The van der Waals surface area contributed by atoms with Crippen molar-refractivity contribution < 1.29 is 4.79 Å². The van der Waals surface area contributed by atoms with Gasteiger partial charge < -0.3 is 4.90 Å². The van der Waals surface area contributed by atoms with Crippen LogP contribution in [0, 0.1) is 0 Å². The fourth-order valence-electron chi connectivity index (χ4n) is 3.85. The van der Waals surface area contributed by atoms with E-state index in [1.807, 2.05) is 11.8 Å². The van der Waals surface area contributed by atoms with Crippen LogP contribution >= 0.6 is 23.1 Å². The molecule has 4 rings (SSSR count). The molecular weight excluding hydrogens is 300 g/mol. The molecule has 1 atom stereocenters. The Morgan fingerprint density at radius 3 is 2.67 bits per heavy atom. The van der Waals surface area contributed by atoms with Crippen molar-refractivity contribution in [3.05, 3.63) is 22.4 Å². The molecule has 0 bridgehead atoms. The summed E-state index contributed by atoms with van der Waals surface area (Å²) in [5, 5.41) is 8.74. The topological polar surface area (TPSA) is 32.3 Å². The molecule has 3 aliphatic rings. The first-order valence-corrected chi connectivity index (χ1v) is 10.1. The highest BCUT2D eigenvalue weighted by atomic mass is 32.2. The Hall–Kier alpha value is -0.520. The van der Waals surface area contributed by atoms with E-state index in [9.17, 15) is 4.79 Å². The summed E-state index contributed by atoms with van der Waals surface area (Å²) in [7, 11) is 0. The zero-order valence-electron chi connectivity index (χ0n) is 12.4. The van der Waals surface area contributed by atoms with Gasteiger partial charge in [0.1, 0.15) is 11.7 Å². The molecule has 3 nitrogen and oxygen atoms in total. The summed E-state index contributed by atoms with van der Waals surface area (Å²) in [5.74, 6) is 0.367. The van der Waals surface area contributed by atoms with Crippen LogP contribution in [0.25, 0.3) is 0 Å². The maximum atomic E-state index is 12.9. The number of carbonyl (C=O) groups is 1. The normalized spacial score (nSPS) is 34.6. The molecule has 0 aromatic carbocycles. The first-order valence-electron chi connectivity index (χ1n) is 7.89. The summed E-state index contributed by atoms with van der Waals surface area (Å²) in [6.07, 6.45) is 9.18. The van der Waals surface area contributed by atoms with E-state index >= 15 is 0 Å². The summed E-state index contributed by atoms with van der Waals surface area (Å²) in [4.78, 5) is 15.1. The van der Waals surface area contributed by atoms with E-state index in [0.29, 0.717) is 11.9 Å². The van der Waals surface area contributed by atoms with E-state index < -0.39 is 0 Å². The molecule has 114 valence electrons. The molecule has 0 radical (unpaired) electrons. The average molecular weight is 322 g/mol. The van der Waals surface area contributed by atoms with E-state index in [1.165, 1.54) is 18.4 Å². The quantitative estimate of drug-likeness (QED) is 0.926. The molecular formula is C16H22N2OS2. The third-order valence-corrected chi connectivity index (χ3v) is 7.15. The van der Waals surface area contributed by atoms with Crippen LogP contribution in [-0.4, -0.2) is 33.9 Å². The molecule has 1 aromatic rings. The van der Waals surface area contributed by atoms with E-state index in [4.69, 9.17) is 0 Å². The number of nitrogens with one attached hydrogen (secondary N) is 1. The SMILES string of the molecule is CSC1CCC(N2C(=O)C3(CC3)NC2c2ccsc2)CC1. The first kappa shape index (κ1) is 14.1. The highest BCUT2D eigenvalue weighted by molar-refractivity contribution is 7.99. The van der Waals surface area contributed by atoms with Crippen molar-refractivity contribution in [3.8, 4) is 0 Å². The van der Waals surface area contributed by atoms with Crippen LogP contribution in [0.2, 0.25) is 0 Å². The van der Waals surface area contributed by atoms with Crippen molar-refractivity contribution in [2.75, 3.05) is 6.26 Å². The van der Waals surface area contributed by atoms with E-state index in [1.54, 1.807) is 11.3 Å².